The first-order valence-electron chi connectivity index (χ1n) is 16.5. The molecule has 10 heteroatoms. The van der Waals surface area contributed by atoms with Gasteiger partial charge >= 0.3 is 12.1 Å². The zero-order valence-electron chi connectivity index (χ0n) is 29.2. The van der Waals surface area contributed by atoms with Crippen molar-refractivity contribution in [3.63, 3.8) is 0 Å². The first-order valence-corrected chi connectivity index (χ1v) is 17.6. The van der Waals surface area contributed by atoms with Gasteiger partial charge in [-0.15, -0.1) is 0 Å². The second-order valence-corrected chi connectivity index (χ2v) is 15.2. The molecule has 1 aliphatic rings. The highest BCUT2D eigenvalue weighted by Crippen LogP contribution is 2.33. The van der Waals surface area contributed by atoms with E-state index in [2.05, 4.69) is 34.6 Å². The molecule has 1 aliphatic heterocycles. The van der Waals surface area contributed by atoms with Crippen molar-refractivity contribution in [2.75, 3.05) is 25.6 Å². The maximum Gasteiger partial charge on any atom is 0.413 e. The van der Waals surface area contributed by atoms with E-state index in [-0.39, 0.29) is 17.3 Å². The Labute approximate surface area is 289 Å². The predicted octanol–water partition coefficient (Wildman–Crippen LogP) is 8.04. The first-order chi connectivity index (χ1) is 22.8. The van der Waals surface area contributed by atoms with Gasteiger partial charge in [0.05, 0.1) is 26.2 Å². The van der Waals surface area contributed by atoms with Gasteiger partial charge < -0.3 is 23.7 Å². The Hall–Kier alpha value is -3.76. The number of methoxy groups -OCH3 is 1. The van der Waals surface area contributed by atoms with Gasteiger partial charge in [-0.3, -0.25) is 10.1 Å². The lowest BCUT2D eigenvalue weighted by atomic mass is 9.92. The van der Waals surface area contributed by atoms with Gasteiger partial charge in [0.25, 0.3) is 0 Å². The van der Waals surface area contributed by atoms with Gasteiger partial charge in [-0.2, -0.15) is 11.8 Å². The molecule has 0 aliphatic carbocycles. The number of hydrogen-bond donors (Lipinski definition) is 1. The zero-order chi connectivity index (χ0) is 34.7. The van der Waals surface area contributed by atoms with Gasteiger partial charge in [0.15, 0.2) is 0 Å². The van der Waals surface area contributed by atoms with Gasteiger partial charge in [-0.1, -0.05) is 30.3 Å². The fourth-order valence-corrected chi connectivity index (χ4v) is 6.56. The molecule has 2 heterocycles. The summed E-state index contributed by atoms with van der Waals surface area (Å²) in [5.41, 5.74) is 1.88. The predicted molar refractivity (Wildman–Crippen MR) is 190 cm³/mol. The molecule has 9 nitrogen and oxygen atoms in total. The molecule has 48 heavy (non-hydrogen) atoms. The Morgan fingerprint density at radius 3 is 2.29 bits per heavy atom. The van der Waals surface area contributed by atoms with Crippen LogP contribution in [0.4, 0.5) is 10.6 Å². The van der Waals surface area contributed by atoms with E-state index in [0.29, 0.717) is 18.8 Å². The smallest absolute Gasteiger partial charge is 0.413 e. The topological polar surface area (TPSA) is 105 Å². The lowest BCUT2D eigenvalue weighted by molar-refractivity contribution is -0.160. The summed E-state index contributed by atoms with van der Waals surface area (Å²) in [6, 6.07) is 19.8. The summed E-state index contributed by atoms with van der Waals surface area (Å²) in [7, 11) is 1.65. The van der Waals surface area contributed by atoms with Crippen LogP contribution in [0, 0.1) is 5.92 Å². The van der Waals surface area contributed by atoms with Crippen molar-refractivity contribution in [1.82, 2.24) is 4.98 Å². The first kappa shape index (κ1) is 37.1. The Balaban J connectivity index is 1.55. The minimum atomic E-state index is -0.643. The summed E-state index contributed by atoms with van der Waals surface area (Å²) >= 11 is 1.75. The van der Waals surface area contributed by atoms with E-state index in [1.54, 1.807) is 51.9 Å². The van der Waals surface area contributed by atoms with Gasteiger partial charge in [0.2, 0.25) is 0 Å². The van der Waals surface area contributed by atoms with E-state index in [1.165, 1.54) is 0 Å². The number of benzene rings is 2. The van der Waals surface area contributed by atoms with Crippen LogP contribution < -0.4 is 14.8 Å². The number of carbonyl (C=O) groups excluding carboxylic acids is 2. The van der Waals surface area contributed by atoms with Crippen LogP contribution in [0.2, 0.25) is 0 Å². The number of thioether (sulfide) groups is 1. The van der Waals surface area contributed by atoms with Crippen LogP contribution in [-0.2, 0) is 37.6 Å². The number of esters is 1. The molecule has 2 aromatic carbocycles. The van der Waals surface area contributed by atoms with Crippen LogP contribution >= 0.6 is 11.8 Å². The van der Waals surface area contributed by atoms with Gasteiger partial charge in [0.1, 0.15) is 34.6 Å². The Bertz CT molecular complexity index is 1460. The normalized spacial score (nSPS) is 16.1. The molecule has 0 spiro atoms. The summed E-state index contributed by atoms with van der Waals surface area (Å²) in [6.45, 7) is 12.4. The fraction of sp³-hybridized carbons (Fsp3) is 0.500. The standard InChI is InChI=1S/C38H50N2O7S/c1-37(2,3)46-35(41)32(22-28-14-18-34(39-23-28)40-36(42)47-38(4,5)6)33(48-25-27-11-15-29(43-7)16-12-27)17-13-26-9-8-10-30(21-26)45-31-19-20-44-24-31/h8-12,14-16,18,21,23,31-33H,13,17,19-20,22,24-25H2,1-7H3,(H,39,40,42). The van der Waals surface area contributed by atoms with Crippen LogP contribution in [0.25, 0.3) is 0 Å². The molecule has 0 saturated carbocycles. The lowest BCUT2D eigenvalue weighted by Gasteiger charge is -2.29. The van der Waals surface area contributed by atoms with Crippen molar-refractivity contribution < 1.29 is 33.3 Å². The minimum Gasteiger partial charge on any atom is -0.497 e. The summed E-state index contributed by atoms with van der Waals surface area (Å²) in [5.74, 6) is 2.03. The monoisotopic (exact) mass is 678 g/mol. The number of aromatic nitrogens is 1. The SMILES string of the molecule is COc1ccc(CSC(CCc2cccc(OC3CCOC3)c2)C(Cc2ccc(NC(=O)OC(C)(C)C)nc2)C(=O)OC(C)(C)C)cc1. The summed E-state index contributed by atoms with van der Waals surface area (Å²) < 4.78 is 28.4. The van der Waals surface area contributed by atoms with Crippen LogP contribution in [0.1, 0.15) is 71.1 Å². The third kappa shape index (κ3) is 12.7. The Morgan fingerprint density at radius 2 is 1.67 bits per heavy atom. The molecule has 4 rings (SSSR count). The van der Waals surface area contributed by atoms with Crippen LogP contribution in [0.3, 0.4) is 0 Å². The Morgan fingerprint density at radius 1 is 0.938 bits per heavy atom. The van der Waals surface area contributed by atoms with Crippen molar-refractivity contribution in [2.45, 2.75) is 95.5 Å². The van der Waals surface area contributed by atoms with Gasteiger partial charge in [-0.25, -0.2) is 9.78 Å². The highest BCUT2D eigenvalue weighted by molar-refractivity contribution is 7.99. The second kappa shape index (κ2) is 17.1. The molecular formula is C38H50N2O7S. The average molecular weight is 679 g/mol. The molecule has 1 fully saturated rings. The number of pyridine rings is 1. The minimum absolute atomic E-state index is 0.0731. The molecule has 3 atom stereocenters. The molecule has 0 radical (unpaired) electrons. The zero-order valence-corrected chi connectivity index (χ0v) is 30.1. The number of carbonyl (C=O) groups is 2. The van der Waals surface area contributed by atoms with Crippen molar-refractivity contribution in [1.29, 1.82) is 0 Å². The molecule has 1 N–H and O–H groups in total. The van der Waals surface area contributed by atoms with E-state index in [0.717, 1.165) is 59.8 Å². The number of nitrogens with one attached hydrogen (secondary N) is 1. The number of nitrogens with zero attached hydrogens (tertiary/aromatic N) is 1. The highest BCUT2D eigenvalue weighted by Gasteiger charge is 2.33. The van der Waals surface area contributed by atoms with E-state index < -0.39 is 23.2 Å². The number of anilines is 1. The quantitative estimate of drug-likeness (QED) is 0.170. The molecule has 1 saturated heterocycles. The van der Waals surface area contributed by atoms with Crippen molar-refractivity contribution in [3.8, 4) is 11.5 Å². The molecule has 1 amide bonds. The molecular weight excluding hydrogens is 628 g/mol. The van der Waals surface area contributed by atoms with Crippen LogP contribution in [0.15, 0.2) is 66.9 Å². The largest absolute Gasteiger partial charge is 0.497 e. The number of ether oxygens (including phenoxy) is 5. The number of rotatable bonds is 14. The molecule has 3 unspecified atom stereocenters. The third-order valence-corrected chi connectivity index (χ3v) is 8.99. The summed E-state index contributed by atoms with van der Waals surface area (Å²) in [6.07, 6.45) is 4.02. The van der Waals surface area contributed by atoms with Crippen LogP contribution in [0.5, 0.6) is 11.5 Å². The second-order valence-electron chi connectivity index (χ2n) is 14.0. The van der Waals surface area contributed by atoms with E-state index in [1.807, 2.05) is 51.1 Å². The Kier molecular flexibility index (Phi) is 13.2. The molecule has 260 valence electrons. The molecule has 0 bridgehead atoms. The van der Waals surface area contributed by atoms with Crippen molar-refractivity contribution in [3.05, 3.63) is 83.6 Å². The number of hydrogen-bond acceptors (Lipinski definition) is 9. The van der Waals surface area contributed by atoms with Gasteiger partial charge in [-0.05, 0) is 108 Å². The number of aryl methyl sites for hydroxylation is 1. The van der Waals surface area contributed by atoms with E-state index in [9.17, 15) is 9.59 Å². The van der Waals surface area contributed by atoms with Crippen LogP contribution in [-0.4, -0.2) is 59.9 Å². The van der Waals surface area contributed by atoms with Crippen molar-refractivity contribution >= 4 is 29.6 Å². The average Bonchev–Trinajstić information content (AvgIpc) is 3.53. The summed E-state index contributed by atoms with van der Waals surface area (Å²) in [5, 5.41) is 2.60. The third-order valence-electron chi connectivity index (χ3n) is 7.50. The van der Waals surface area contributed by atoms with E-state index in [4.69, 9.17) is 23.7 Å². The number of amides is 1. The highest BCUT2D eigenvalue weighted by atomic mass is 32.2. The van der Waals surface area contributed by atoms with Gasteiger partial charge in [0, 0.05) is 23.6 Å². The maximum atomic E-state index is 13.9. The fourth-order valence-electron chi connectivity index (χ4n) is 5.23. The van der Waals surface area contributed by atoms with Crippen molar-refractivity contribution in [2.24, 2.45) is 5.92 Å². The lowest BCUT2D eigenvalue weighted by Crippen LogP contribution is -2.35. The maximum absolute atomic E-state index is 13.9. The molecule has 1 aromatic heterocycles. The summed E-state index contributed by atoms with van der Waals surface area (Å²) in [4.78, 5) is 30.6. The van der Waals surface area contributed by atoms with E-state index >= 15 is 0 Å². The molecule has 3 aromatic rings.